The van der Waals surface area contributed by atoms with Crippen molar-refractivity contribution in [2.45, 2.75) is 44.8 Å². The summed E-state index contributed by atoms with van der Waals surface area (Å²) in [7, 11) is 0. The summed E-state index contributed by atoms with van der Waals surface area (Å²) >= 11 is 5.90. The minimum atomic E-state index is 0.0775. The first-order chi connectivity index (χ1) is 12.1. The fraction of sp³-hybridized carbons (Fsp3) is 0.412. The average Bonchev–Trinajstić information content (AvgIpc) is 3.24. The Bertz CT molecular complexity index is 992. The molecule has 1 fully saturated rings. The zero-order valence-electron chi connectivity index (χ0n) is 13.8. The van der Waals surface area contributed by atoms with Crippen molar-refractivity contribution in [2.24, 2.45) is 0 Å². The summed E-state index contributed by atoms with van der Waals surface area (Å²) in [6.07, 6.45) is 7.94. The van der Waals surface area contributed by atoms with Crippen molar-refractivity contribution >= 4 is 23.2 Å². The van der Waals surface area contributed by atoms with Gasteiger partial charge in [0.2, 0.25) is 5.91 Å². The highest BCUT2D eigenvalue weighted by Gasteiger charge is 2.43. The number of halogens is 1. The molecule has 2 atom stereocenters. The molecule has 0 spiro atoms. The molecular weight excluding hydrogens is 340 g/mol. The smallest absolute Gasteiger partial charge is 0.245 e. The van der Waals surface area contributed by atoms with Crippen LogP contribution in [0, 0.1) is 6.92 Å². The highest BCUT2D eigenvalue weighted by Crippen LogP contribution is 2.43. The van der Waals surface area contributed by atoms with Crippen molar-refractivity contribution in [3.63, 3.8) is 0 Å². The number of nitrogens with zero attached hydrogens (tertiary/aromatic N) is 6. The second-order valence-electron chi connectivity index (χ2n) is 6.82. The fourth-order valence-electron chi connectivity index (χ4n) is 4.23. The van der Waals surface area contributed by atoms with Crippen molar-refractivity contribution < 1.29 is 4.79 Å². The molecule has 5 heterocycles. The number of carbonyl (C=O) groups is 1. The number of fused-ring (bicyclic) bond motifs is 6. The van der Waals surface area contributed by atoms with E-state index in [9.17, 15) is 4.79 Å². The Morgan fingerprint density at radius 3 is 3.04 bits per heavy atom. The van der Waals surface area contributed by atoms with Crippen molar-refractivity contribution in [1.82, 2.24) is 29.3 Å². The molecule has 0 aliphatic carbocycles. The first kappa shape index (κ1) is 14.9. The SMILES string of the molecule is Cc1cc2ncc3c(n2n1)C[C@H]1CC[C@@H]3N1C(=O)Cn1cc(Cl)cn1. The van der Waals surface area contributed by atoms with Crippen molar-refractivity contribution in [3.05, 3.63) is 46.6 Å². The summed E-state index contributed by atoms with van der Waals surface area (Å²) in [4.78, 5) is 19.5. The van der Waals surface area contributed by atoms with Crippen LogP contribution in [0.1, 0.15) is 35.8 Å². The zero-order valence-corrected chi connectivity index (χ0v) is 14.5. The highest BCUT2D eigenvalue weighted by molar-refractivity contribution is 6.30. The number of hydrogen-bond donors (Lipinski definition) is 0. The van der Waals surface area contributed by atoms with Gasteiger partial charge >= 0.3 is 0 Å². The van der Waals surface area contributed by atoms with Crippen LogP contribution in [0.4, 0.5) is 0 Å². The molecule has 0 saturated carbocycles. The van der Waals surface area contributed by atoms with Crippen LogP contribution in [-0.4, -0.2) is 41.2 Å². The number of aryl methyl sites for hydroxylation is 1. The van der Waals surface area contributed by atoms with E-state index in [1.165, 1.54) is 5.69 Å². The van der Waals surface area contributed by atoms with Gasteiger partial charge in [-0.25, -0.2) is 9.50 Å². The third-order valence-electron chi connectivity index (χ3n) is 5.21. The van der Waals surface area contributed by atoms with Crippen LogP contribution in [0.2, 0.25) is 5.02 Å². The molecule has 1 amide bonds. The Kier molecular flexibility index (Phi) is 3.15. The summed E-state index contributed by atoms with van der Waals surface area (Å²) in [6.45, 7) is 2.19. The third kappa shape index (κ3) is 2.26. The molecule has 0 aromatic carbocycles. The van der Waals surface area contributed by atoms with E-state index < -0.39 is 0 Å². The van der Waals surface area contributed by atoms with E-state index >= 15 is 0 Å². The summed E-state index contributed by atoms with van der Waals surface area (Å²) in [5.41, 5.74) is 4.15. The van der Waals surface area contributed by atoms with Gasteiger partial charge in [-0.1, -0.05) is 11.6 Å². The molecule has 0 unspecified atom stereocenters. The Balaban J connectivity index is 1.50. The number of amides is 1. The lowest BCUT2D eigenvalue weighted by Crippen LogP contribution is -2.44. The van der Waals surface area contributed by atoms with Gasteiger partial charge < -0.3 is 4.90 Å². The van der Waals surface area contributed by atoms with Crippen LogP contribution in [0.5, 0.6) is 0 Å². The minimum Gasteiger partial charge on any atom is -0.331 e. The van der Waals surface area contributed by atoms with Crippen LogP contribution in [0.3, 0.4) is 0 Å². The van der Waals surface area contributed by atoms with Crippen molar-refractivity contribution in [2.75, 3.05) is 0 Å². The summed E-state index contributed by atoms with van der Waals surface area (Å²) in [5, 5.41) is 9.25. The van der Waals surface area contributed by atoms with Crippen molar-refractivity contribution in [3.8, 4) is 0 Å². The Hall–Kier alpha value is -2.41. The molecule has 5 rings (SSSR count). The normalized spacial score (nSPS) is 21.8. The van der Waals surface area contributed by atoms with Crippen LogP contribution >= 0.6 is 11.6 Å². The monoisotopic (exact) mass is 356 g/mol. The van der Waals surface area contributed by atoms with Gasteiger partial charge in [0.15, 0.2) is 5.65 Å². The van der Waals surface area contributed by atoms with Gasteiger partial charge in [0.25, 0.3) is 0 Å². The predicted octanol–water partition coefficient (Wildman–Crippen LogP) is 2.18. The molecule has 1 saturated heterocycles. The largest absolute Gasteiger partial charge is 0.331 e. The van der Waals surface area contributed by atoms with Gasteiger partial charge in [-0.3, -0.25) is 9.48 Å². The molecule has 25 heavy (non-hydrogen) atoms. The standard InChI is InChI=1S/C17H17ClN6O/c1-10-4-16-19-7-13-14-3-2-12(5-15(13)24(16)21-10)23(14)17(25)9-22-8-11(18)6-20-22/h4,6-8,12,14H,2-3,5,9H2,1H3/t12-,14+/m1/s1. The maximum absolute atomic E-state index is 12.9. The van der Waals surface area contributed by atoms with E-state index in [0.29, 0.717) is 5.02 Å². The Labute approximate surface area is 149 Å². The van der Waals surface area contributed by atoms with Crippen LogP contribution in [0.15, 0.2) is 24.7 Å². The van der Waals surface area contributed by atoms with E-state index in [1.807, 2.05) is 28.6 Å². The van der Waals surface area contributed by atoms with Crippen LogP contribution in [0.25, 0.3) is 5.65 Å². The number of hydrogen-bond acceptors (Lipinski definition) is 4. The lowest BCUT2D eigenvalue weighted by Gasteiger charge is -2.36. The lowest BCUT2D eigenvalue weighted by molar-refractivity contribution is -0.135. The Morgan fingerprint density at radius 2 is 2.24 bits per heavy atom. The van der Waals surface area contributed by atoms with E-state index in [1.54, 1.807) is 17.1 Å². The molecule has 7 nitrogen and oxygen atoms in total. The topological polar surface area (TPSA) is 68.3 Å². The van der Waals surface area contributed by atoms with Gasteiger partial charge in [-0.2, -0.15) is 10.2 Å². The summed E-state index contributed by atoms with van der Waals surface area (Å²) in [5.74, 6) is 0.0784. The fourth-order valence-corrected chi connectivity index (χ4v) is 4.38. The molecule has 3 aromatic heterocycles. The molecule has 0 radical (unpaired) electrons. The molecular formula is C17H17ClN6O. The summed E-state index contributed by atoms with van der Waals surface area (Å²) in [6, 6.07) is 2.28. The Morgan fingerprint density at radius 1 is 1.36 bits per heavy atom. The first-order valence-corrected chi connectivity index (χ1v) is 8.81. The number of aromatic nitrogens is 5. The van der Waals surface area contributed by atoms with Gasteiger partial charge in [0.05, 0.1) is 28.6 Å². The second kappa shape index (κ2) is 5.29. The van der Waals surface area contributed by atoms with Gasteiger partial charge in [0, 0.05) is 36.5 Å². The van der Waals surface area contributed by atoms with E-state index in [4.69, 9.17) is 11.6 Å². The first-order valence-electron chi connectivity index (χ1n) is 8.43. The molecule has 128 valence electrons. The zero-order chi connectivity index (χ0) is 17.1. The average molecular weight is 357 g/mol. The van der Waals surface area contributed by atoms with Gasteiger partial charge in [-0.15, -0.1) is 0 Å². The minimum absolute atomic E-state index is 0.0775. The van der Waals surface area contributed by atoms with E-state index in [-0.39, 0.29) is 24.5 Å². The molecule has 8 heteroatoms. The van der Waals surface area contributed by atoms with Gasteiger partial charge in [0.1, 0.15) is 6.54 Å². The molecule has 2 aliphatic rings. The van der Waals surface area contributed by atoms with Crippen LogP contribution in [-0.2, 0) is 17.8 Å². The van der Waals surface area contributed by atoms with Crippen LogP contribution < -0.4 is 0 Å². The lowest BCUT2D eigenvalue weighted by atomic mass is 9.99. The predicted molar refractivity (Wildman–Crippen MR) is 91.3 cm³/mol. The maximum Gasteiger partial charge on any atom is 0.245 e. The molecule has 3 aromatic rings. The number of carbonyl (C=O) groups excluding carboxylic acids is 1. The van der Waals surface area contributed by atoms with Crippen molar-refractivity contribution in [1.29, 1.82) is 0 Å². The maximum atomic E-state index is 12.9. The van der Waals surface area contributed by atoms with Gasteiger partial charge in [-0.05, 0) is 19.8 Å². The quantitative estimate of drug-likeness (QED) is 0.705. The second-order valence-corrected chi connectivity index (χ2v) is 7.26. The van der Waals surface area contributed by atoms with E-state index in [0.717, 1.165) is 36.2 Å². The number of rotatable bonds is 2. The van der Waals surface area contributed by atoms with E-state index in [2.05, 4.69) is 15.2 Å². The highest BCUT2D eigenvalue weighted by atomic mass is 35.5. The third-order valence-corrected chi connectivity index (χ3v) is 5.41. The summed E-state index contributed by atoms with van der Waals surface area (Å²) < 4.78 is 3.54. The molecule has 2 bridgehead atoms. The molecule has 0 N–H and O–H groups in total. The molecule has 2 aliphatic heterocycles.